The van der Waals surface area contributed by atoms with Crippen molar-refractivity contribution < 1.29 is 4.74 Å². The maximum Gasteiger partial charge on any atom is 0.231 e. The molecular weight excluding hydrogens is 318 g/mol. The third-order valence-electron chi connectivity index (χ3n) is 3.50. The van der Waals surface area contributed by atoms with Crippen LogP contribution in [0.5, 0.6) is 5.88 Å². The number of ether oxygens (including phenoxy) is 1. The monoisotopic (exact) mass is 333 g/mol. The number of aromatic nitrogens is 3. The number of hydrogen-bond donors (Lipinski definition) is 0. The predicted octanol–water partition coefficient (Wildman–Crippen LogP) is 3.43. The molecular formula is C15H16BrN3O. The zero-order valence-electron chi connectivity index (χ0n) is 11.5. The average molecular weight is 334 g/mol. The Hall–Kier alpha value is -1.49. The summed E-state index contributed by atoms with van der Waals surface area (Å²) in [6.07, 6.45) is 4.79. The van der Waals surface area contributed by atoms with Crippen molar-refractivity contribution in [2.24, 2.45) is 5.92 Å². The second-order valence-corrected chi connectivity index (χ2v) is 6.10. The molecule has 1 saturated carbocycles. The van der Waals surface area contributed by atoms with Crippen molar-refractivity contribution in [3.05, 3.63) is 46.1 Å². The molecule has 4 nitrogen and oxygen atoms in total. The molecule has 2 aromatic rings. The number of pyridine rings is 1. The van der Waals surface area contributed by atoms with Crippen molar-refractivity contribution in [1.29, 1.82) is 0 Å². The molecule has 1 unspecified atom stereocenters. The quantitative estimate of drug-likeness (QED) is 0.859. The Bertz CT molecular complexity index is 615. The summed E-state index contributed by atoms with van der Waals surface area (Å²) in [5, 5.41) is 0. The second kappa shape index (κ2) is 5.48. The van der Waals surface area contributed by atoms with Gasteiger partial charge in [-0.2, -0.15) is 4.98 Å². The molecule has 0 bridgehead atoms. The molecule has 0 aromatic carbocycles. The van der Waals surface area contributed by atoms with Gasteiger partial charge in [-0.15, -0.1) is 0 Å². The molecule has 1 fully saturated rings. The summed E-state index contributed by atoms with van der Waals surface area (Å²) in [4.78, 5) is 12.9. The van der Waals surface area contributed by atoms with Gasteiger partial charge >= 0.3 is 0 Å². The van der Waals surface area contributed by atoms with Crippen LogP contribution in [0.2, 0.25) is 0 Å². The summed E-state index contributed by atoms with van der Waals surface area (Å²) in [5.74, 6) is 2.40. The van der Waals surface area contributed by atoms with Crippen molar-refractivity contribution in [3.8, 4) is 5.88 Å². The van der Waals surface area contributed by atoms with E-state index in [9.17, 15) is 0 Å². The molecule has 1 aliphatic rings. The predicted molar refractivity (Wildman–Crippen MR) is 79.8 cm³/mol. The van der Waals surface area contributed by atoms with Crippen molar-refractivity contribution in [2.75, 3.05) is 6.61 Å². The molecule has 104 valence electrons. The largest absolute Gasteiger partial charge is 0.476 e. The summed E-state index contributed by atoms with van der Waals surface area (Å²) < 4.78 is 6.59. The molecule has 1 aliphatic carbocycles. The van der Waals surface area contributed by atoms with Gasteiger partial charge in [0.15, 0.2) is 0 Å². The van der Waals surface area contributed by atoms with Crippen LogP contribution in [0.1, 0.15) is 29.4 Å². The Labute approximate surface area is 126 Å². The van der Waals surface area contributed by atoms with E-state index in [4.69, 9.17) is 4.74 Å². The summed E-state index contributed by atoms with van der Waals surface area (Å²) in [7, 11) is 0. The third kappa shape index (κ3) is 2.98. The molecule has 0 radical (unpaired) electrons. The van der Waals surface area contributed by atoms with E-state index in [0.717, 1.165) is 16.7 Å². The van der Waals surface area contributed by atoms with E-state index in [1.165, 1.54) is 11.3 Å². The molecule has 2 aromatic heterocycles. The number of hydrogen-bond acceptors (Lipinski definition) is 4. The van der Waals surface area contributed by atoms with Gasteiger partial charge in [-0.25, -0.2) is 4.98 Å². The van der Waals surface area contributed by atoms with Crippen molar-refractivity contribution >= 4 is 15.9 Å². The number of rotatable bonds is 4. The maximum absolute atomic E-state index is 5.79. The average Bonchev–Trinajstić information content (AvgIpc) is 3.20. The molecule has 2 heterocycles. The van der Waals surface area contributed by atoms with E-state index >= 15 is 0 Å². The first-order valence-corrected chi connectivity index (χ1v) is 7.47. The molecule has 5 heteroatoms. The first-order valence-electron chi connectivity index (χ1n) is 6.68. The van der Waals surface area contributed by atoms with Crippen LogP contribution in [0.25, 0.3) is 0 Å². The van der Waals surface area contributed by atoms with Crippen LogP contribution < -0.4 is 4.74 Å². The maximum atomic E-state index is 5.79. The number of aryl methyl sites for hydroxylation is 2. The van der Waals surface area contributed by atoms with Gasteiger partial charge in [0, 0.05) is 29.9 Å². The van der Waals surface area contributed by atoms with Crippen LogP contribution in [0.4, 0.5) is 0 Å². The van der Waals surface area contributed by atoms with E-state index in [-0.39, 0.29) is 0 Å². The van der Waals surface area contributed by atoms with E-state index in [2.05, 4.69) is 49.9 Å². The van der Waals surface area contributed by atoms with Crippen LogP contribution in [0, 0.1) is 19.8 Å². The normalized spacial score (nSPS) is 20.8. The molecule has 0 N–H and O–H groups in total. The van der Waals surface area contributed by atoms with E-state index in [0.29, 0.717) is 24.3 Å². The van der Waals surface area contributed by atoms with Crippen LogP contribution in [-0.2, 0) is 0 Å². The van der Waals surface area contributed by atoms with Gasteiger partial charge in [0.05, 0.1) is 11.1 Å². The summed E-state index contributed by atoms with van der Waals surface area (Å²) >= 11 is 3.41. The van der Waals surface area contributed by atoms with Gasteiger partial charge in [-0.05, 0) is 47.8 Å². The van der Waals surface area contributed by atoms with Gasteiger partial charge in [-0.3, -0.25) is 4.98 Å². The minimum absolute atomic E-state index is 0.525. The van der Waals surface area contributed by atoms with Gasteiger partial charge < -0.3 is 4.74 Å². The second-order valence-electron chi connectivity index (χ2n) is 5.24. The minimum Gasteiger partial charge on any atom is -0.476 e. The lowest BCUT2D eigenvalue weighted by Gasteiger charge is -2.07. The Morgan fingerprint density at radius 2 is 2.10 bits per heavy atom. The highest BCUT2D eigenvalue weighted by atomic mass is 79.9. The lowest BCUT2D eigenvalue weighted by Crippen LogP contribution is -2.04. The molecule has 0 amide bonds. The zero-order valence-corrected chi connectivity index (χ0v) is 13.1. The number of halogens is 1. The Morgan fingerprint density at radius 3 is 2.85 bits per heavy atom. The smallest absolute Gasteiger partial charge is 0.231 e. The van der Waals surface area contributed by atoms with Crippen molar-refractivity contribution in [3.63, 3.8) is 0 Å². The Balaban J connectivity index is 1.58. The summed E-state index contributed by atoms with van der Waals surface area (Å²) in [6, 6.07) is 4.23. The highest BCUT2D eigenvalue weighted by molar-refractivity contribution is 9.10. The van der Waals surface area contributed by atoms with Crippen molar-refractivity contribution in [1.82, 2.24) is 15.0 Å². The lowest BCUT2D eigenvalue weighted by molar-refractivity contribution is 0.282. The van der Waals surface area contributed by atoms with Crippen LogP contribution in [0.3, 0.4) is 0 Å². The fourth-order valence-electron chi connectivity index (χ4n) is 2.21. The summed E-state index contributed by atoms with van der Waals surface area (Å²) in [6.45, 7) is 4.59. The number of nitrogens with zero attached hydrogens (tertiary/aromatic N) is 3. The standard InChI is InChI=1S/C15H16BrN3O/c1-9-3-4-14(18-6-9)12-5-11(12)8-20-15-13(16)7-17-10(2)19-15/h3-4,6-7,11-12H,5,8H2,1-2H3/t11-,12?/m1/s1. The first-order chi connectivity index (χ1) is 9.63. The molecule has 0 saturated heterocycles. The summed E-state index contributed by atoms with van der Waals surface area (Å²) in [5.41, 5.74) is 2.37. The van der Waals surface area contributed by atoms with Gasteiger partial charge in [-0.1, -0.05) is 6.07 Å². The van der Waals surface area contributed by atoms with Crippen molar-refractivity contribution in [2.45, 2.75) is 26.2 Å². The fourth-order valence-corrected chi connectivity index (χ4v) is 2.52. The molecule has 0 spiro atoms. The third-order valence-corrected chi connectivity index (χ3v) is 4.05. The van der Waals surface area contributed by atoms with Crippen LogP contribution in [-0.4, -0.2) is 21.6 Å². The Kier molecular flexibility index (Phi) is 3.70. The minimum atomic E-state index is 0.525. The van der Waals surface area contributed by atoms with E-state index in [1.807, 2.05) is 13.1 Å². The lowest BCUT2D eigenvalue weighted by atomic mass is 10.2. The highest BCUT2D eigenvalue weighted by Gasteiger charge is 2.40. The fraction of sp³-hybridized carbons (Fsp3) is 0.400. The zero-order chi connectivity index (χ0) is 14.1. The topological polar surface area (TPSA) is 47.9 Å². The van der Waals surface area contributed by atoms with E-state index < -0.39 is 0 Å². The first kappa shape index (κ1) is 13.5. The Morgan fingerprint density at radius 1 is 1.25 bits per heavy atom. The van der Waals surface area contributed by atoms with Gasteiger partial charge in [0.25, 0.3) is 0 Å². The van der Waals surface area contributed by atoms with Crippen LogP contribution >= 0.6 is 15.9 Å². The molecule has 2 atom stereocenters. The van der Waals surface area contributed by atoms with Crippen LogP contribution in [0.15, 0.2) is 29.0 Å². The molecule has 20 heavy (non-hydrogen) atoms. The molecule has 0 aliphatic heterocycles. The SMILES string of the molecule is Cc1ccc(C2C[C@@H]2COc2nc(C)ncc2Br)nc1. The van der Waals surface area contributed by atoms with Gasteiger partial charge in [0.1, 0.15) is 5.82 Å². The van der Waals surface area contributed by atoms with Gasteiger partial charge in [0.2, 0.25) is 5.88 Å². The van der Waals surface area contributed by atoms with E-state index in [1.54, 1.807) is 6.20 Å². The highest BCUT2D eigenvalue weighted by Crippen LogP contribution is 2.46. The molecule has 3 rings (SSSR count).